The van der Waals surface area contributed by atoms with Crippen molar-refractivity contribution in [3.05, 3.63) is 68.6 Å². The molecule has 1 N–H and O–H groups in total. The molecule has 3 rings (SSSR count). The minimum Gasteiger partial charge on any atom is -0.497 e. The Morgan fingerprint density at radius 1 is 1.30 bits per heavy atom. The molecule has 1 aromatic carbocycles. The van der Waals surface area contributed by atoms with Gasteiger partial charge in [-0.2, -0.15) is 11.3 Å². The number of methoxy groups -OCH3 is 1. The molecule has 1 atom stereocenters. The minimum absolute atomic E-state index is 0.0751. The van der Waals surface area contributed by atoms with Crippen LogP contribution < -0.4 is 10.1 Å². The normalized spacial score (nSPS) is 12.3. The Morgan fingerprint density at radius 3 is 2.87 bits per heavy atom. The molecule has 3 aromatic rings. The molecule has 0 bridgehead atoms. The van der Waals surface area contributed by atoms with E-state index in [1.54, 1.807) is 41.0 Å². The van der Waals surface area contributed by atoms with E-state index < -0.39 is 0 Å². The second-order valence-electron chi connectivity index (χ2n) is 5.10. The van der Waals surface area contributed by atoms with Gasteiger partial charge in [-0.25, -0.2) is 9.37 Å². The molecular formula is C17H17FN2OS2. The molecule has 0 fully saturated rings. The van der Waals surface area contributed by atoms with Crippen molar-refractivity contribution in [1.82, 2.24) is 10.3 Å². The Labute approximate surface area is 142 Å². The number of nitrogens with zero attached hydrogens (tertiary/aromatic N) is 1. The Balaban J connectivity index is 1.71. The third-order valence-electron chi connectivity index (χ3n) is 3.57. The SMILES string of the molecule is COc1ccc(CN[C@@H](Cc2ccsc2)c2nccs2)c(F)c1. The second-order valence-corrected chi connectivity index (χ2v) is 6.80. The number of benzene rings is 1. The summed E-state index contributed by atoms with van der Waals surface area (Å²) in [6.45, 7) is 0.449. The number of rotatable bonds is 7. The van der Waals surface area contributed by atoms with Crippen molar-refractivity contribution in [3.8, 4) is 5.75 Å². The van der Waals surface area contributed by atoms with Gasteiger partial charge < -0.3 is 10.1 Å². The van der Waals surface area contributed by atoms with Crippen molar-refractivity contribution in [2.24, 2.45) is 0 Å². The summed E-state index contributed by atoms with van der Waals surface area (Å²) in [6.07, 6.45) is 2.64. The van der Waals surface area contributed by atoms with Gasteiger partial charge in [-0.05, 0) is 34.9 Å². The van der Waals surface area contributed by atoms with Crippen molar-refractivity contribution in [2.75, 3.05) is 7.11 Å². The van der Waals surface area contributed by atoms with Gasteiger partial charge in [0.05, 0.1) is 13.2 Å². The van der Waals surface area contributed by atoms with Crippen LogP contribution in [0, 0.1) is 5.82 Å². The lowest BCUT2D eigenvalue weighted by Gasteiger charge is -2.16. The molecule has 0 saturated carbocycles. The van der Waals surface area contributed by atoms with Gasteiger partial charge in [0.25, 0.3) is 0 Å². The zero-order valence-electron chi connectivity index (χ0n) is 12.7. The molecule has 0 unspecified atom stereocenters. The average molecular weight is 348 g/mol. The van der Waals surface area contributed by atoms with E-state index in [1.165, 1.54) is 18.7 Å². The Bertz CT molecular complexity index is 729. The molecule has 2 aromatic heterocycles. The van der Waals surface area contributed by atoms with Crippen LogP contribution in [0.15, 0.2) is 46.6 Å². The van der Waals surface area contributed by atoms with Gasteiger partial charge in [0.15, 0.2) is 0 Å². The fourth-order valence-electron chi connectivity index (χ4n) is 2.33. The van der Waals surface area contributed by atoms with Crippen LogP contribution in [0.2, 0.25) is 0 Å². The molecule has 0 radical (unpaired) electrons. The van der Waals surface area contributed by atoms with Gasteiger partial charge in [-0.15, -0.1) is 11.3 Å². The number of nitrogens with one attached hydrogen (secondary N) is 1. The summed E-state index contributed by atoms with van der Waals surface area (Å²) in [7, 11) is 1.53. The number of thiophene rings is 1. The highest BCUT2D eigenvalue weighted by molar-refractivity contribution is 7.09. The summed E-state index contributed by atoms with van der Waals surface area (Å²) >= 11 is 3.30. The smallest absolute Gasteiger partial charge is 0.131 e. The maximum atomic E-state index is 14.1. The first-order chi connectivity index (χ1) is 11.3. The molecule has 0 amide bonds. The van der Waals surface area contributed by atoms with E-state index in [0.29, 0.717) is 17.9 Å². The number of aromatic nitrogens is 1. The molecule has 23 heavy (non-hydrogen) atoms. The van der Waals surface area contributed by atoms with Crippen LogP contribution in [0.1, 0.15) is 22.2 Å². The van der Waals surface area contributed by atoms with Gasteiger partial charge >= 0.3 is 0 Å². The lowest BCUT2D eigenvalue weighted by atomic mass is 10.1. The standard InChI is InChI=1S/C17H17FN2OS2/c1-21-14-3-2-13(15(18)9-14)10-20-16(17-19-5-7-23-17)8-12-4-6-22-11-12/h2-7,9,11,16,20H,8,10H2,1H3/t16-/m0/s1. The van der Waals surface area contributed by atoms with Crippen molar-refractivity contribution < 1.29 is 9.13 Å². The van der Waals surface area contributed by atoms with Crippen molar-refractivity contribution in [1.29, 1.82) is 0 Å². The third kappa shape index (κ3) is 4.16. The highest BCUT2D eigenvalue weighted by Crippen LogP contribution is 2.23. The first kappa shape index (κ1) is 16.1. The fraction of sp³-hybridized carbons (Fsp3) is 0.235. The molecular weight excluding hydrogens is 331 g/mol. The highest BCUT2D eigenvalue weighted by atomic mass is 32.1. The van der Waals surface area contributed by atoms with E-state index in [2.05, 4.69) is 27.1 Å². The lowest BCUT2D eigenvalue weighted by Crippen LogP contribution is -2.23. The quantitative estimate of drug-likeness (QED) is 0.686. The zero-order chi connectivity index (χ0) is 16.1. The highest BCUT2D eigenvalue weighted by Gasteiger charge is 2.16. The topological polar surface area (TPSA) is 34.1 Å². The maximum Gasteiger partial charge on any atom is 0.131 e. The lowest BCUT2D eigenvalue weighted by molar-refractivity contribution is 0.410. The molecule has 0 saturated heterocycles. The van der Waals surface area contributed by atoms with Crippen molar-refractivity contribution in [3.63, 3.8) is 0 Å². The predicted molar refractivity (Wildman–Crippen MR) is 92.7 cm³/mol. The van der Waals surface area contributed by atoms with Gasteiger partial charge in [0.2, 0.25) is 0 Å². The maximum absolute atomic E-state index is 14.1. The van der Waals surface area contributed by atoms with Gasteiger partial charge in [-0.3, -0.25) is 0 Å². The number of halogens is 1. The largest absolute Gasteiger partial charge is 0.497 e. The first-order valence-corrected chi connectivity index (χ1v) is 9.05. The minimum atomic E-state index is -0.259. The molecule has 120 valence electrons. The van der Waals surface area contributed by atoms with E-state index in [4.69, 9.17) is 4.74 Å². The van der Waals surface area contributed by atoms with E-state index in [9.17, 15) is 4.39 Å². The van der Waals surface area contributed by atoms with Crippen LogP contribution in [-0.2, 0) is 13.0 Å². The number of ether oxygens (including phenoxy) is 1. The Hall–Kier alpha value is -1.76. The second kappa shape index (κ2) is 7.68. The molecule has 0 aliphatic heterocycles. The van der Waals surface area contributed by atoms with Crippen molar-refractivity contribution in [2.45, 2.75) is 19.0 Å². The molecule has 0 aliphatic carbocycles. The van der Waals surface area contributed by atoms with Crippen LogP contribution in [0.25, 0.3) is 0 Å². The summed E-state index contributed by atoms with van der Waals surface area (Å²) in [6, 6.07) is 7.13. The van der Waals surface area contributed by atoms with Gasteiger partial charge in [0, 0.05) is 29.8 Å². The summed E-state index contributed by atoms with van der Waals surface area (Å²) in [4.78, 5) is 4.40. The van der Waals surface area contributed by atoms with Crippen LogP contribution >= 0.6 is 22.7 Å². The Morgan fingerprint density at radius 2 is 2.22 bits per heavy atom. The number of hydrogen-bond acceptors (Lipinski definition) is 5. The molecule has 0 spiro atoms. The van der Waals surface area contributed by atoms with Crippen LogP contribution in [0.3, 0.4) is 0 Å². The molecule has 6 heteroatoms. The average Bonchev–Trinajstić information content (AvgIpc) is 3.25. The van der Waals surface area contributed by atoms with Crippen molar-refractivity contribution >= 4 is 22.7 Å². The fourth-order valence-corrected chi connectivity index (χ4v) is 3.72. The summed E-state index contributed by atoms with van der Waals surface area (Å²) in [5.74, 6) is 0.270. The summed E-state index contributed by atoms with van der Waals surface area (Å²) in [5, 5.41) is 10.6. The van der Waals surface area contributed by atoms with E-state index >= 15 is 0 Å². The van der Waals surface area contributed by atoms with Crippen LogP contribution in [0.4, 0.5) is 4.39 Å². The summed E-state index contributed by atoms with van der Waals surface area (Å²) in [5.41, 5.74) is 1.88. The van der Waals surface area contributed by atoms with E-state index in [-0.39, 0.29) is 11.9 Å². The van der Waals surface area contributed by atoms with Gasteiger partial charge in [-0.1, -0.05) is 6.07 Å². The van der Waals surface area contributed by atoms with Crippen LogP contribution in [0.5, 0.6) is 5.75 Å². The monoisotopic (exact) mass is 348 g/mol. The molecule has 0 aliphatic rings. The molecule has 2 heterocycles. The molecule has 3 nitrogen and oxygen atoms in total. The number of thiazole rings is 1. The predicted octanol–water partition coefficient (Wildman–Crippen LogP) is 4.43. The van der Waals surface area contributed by atoms with E-state index in [1.807, 2.05) is 5.38 Å². The number of hydrogen-bond donors (Lipinski definition) is 1. The van der Waals surface area contributed by atoms with Crippen LogP contribution in [-0.4, -0.2) is 12.1 Å². The van der Waals surface area contributed by atoms with E-state index in [0.717, 1.165) is 11.4 Å². The summed E-state index contributed by atoms with van der Waals surface area (Å²) < 4.78 is 19.1. The van der Waals surface area contributed by atoms with Gasteiger partial charge in [0.1, 0.15) is 16.6 Å². The Kier molecular flexibility index (Phi) is 5.38. The third-order valence-corrected chi connectivity index (χ3v) is 5.19. The zero-order valence-corrected chi connectivity index (χ0v) is 14.3. The first-order valence-electron chi connectivity index (χ1n) is 7.22.